The highest BCUT2D eigenvalue weighted by molar-refractivity contribution is 6.39. The molecule has 0 bridgehead atoms. The van der Waals surface area contributed by atoms with Gasteiger partial charge in [-0.05, 0) is 36.2 Å². The average molecular weight is 673 g/mol. The zero-order valence-corrected chi connectivity index (χ0v) is 26.5. The number of carboxylic acid groups (broad SMARTS) is 1. The summed E-state index contributed by atoms with van der Waals surface area (Å²) in [5.41, 5.74) is 4.31. The summed E-state index contributed by atoms with van der Waals surface area (Å²) < 4.78 is 6.63. The normalized spacial score (nSPS) is 14.2. The minimum absolute atomic E-state index is 0.0853. The third kappa shape index (κ3) is 6.40. The summed E-state index contributed by atoms with van der Waals surface area (Å²) in [5, 5.41) is 13.4. The Balaban J connectivity index is 1.35. The van der Waals surface area contributed by atoms with E-state index in [0.717, 1.165) is 4.90 Å². The third-order valence-corrected chi connectivity index (χ3v) is 8.77. The summed E-state index contributed by atoms with van der Waals surface area (Å²) >= 11 is 14.0. The summed E-state index contributed by atoms with van der Waals surface area (Å²) in [6.45, 7) is -0.0384. The van der Waals surface area contributed by atoms with Gasteiger partial charge < -0.3 is 20.1 Å². The van der Waals surface area contributed by atoms with Crippen molar-refractivity contribution in [2.24, 2.45) is 0 Å². The largest absolute Gasteiger partial charge is 0.480 e. The predicted octanol–water partition coefficient (Wildman–Crippen LogP) is 5.98. The molecule has 6 rings (SSSR count). The van der Waals surface area contributed by atoms with Gasteiger partial charge in [0, 0.05) is 53.5 Å². The van der Waals surface area contributed by atoms with E-state index in [-0.39, 0.29) is 42.2 Å². The molecule has 13 heteroatoms. The SMILES string of the molecule is COc1nc(-c2cccc(-c3cccc(-c4ccn5c(=O)cc(CN(CC6CCC(=O)N6)C(=O)O)nc5c4)c3Cl)c2Cl)ccc1C=O. The Bertz CT molecular complexity index is 2120. The number of benzene rings is 2. The molecule has 3 aromatic heterocycles. The number of pyridine rings is 2. The Morgan fingerprint density at radius 1 is 1.02 bits per heavy atom. The number of aromatic nitrogens is 3. The molecule has 4 heterocycles. The van der Waals surface area contributed by atoms with Crippen molar-refractivity contribution in [2.45, 2.75) is 25.4 Å². The second-order valence-corrected chi connectivity index (χ2v) is 11.7. The second-order valence-electron chi connectivity index (χ2n) is 10.9. The van der Waals surface area contributed by atoms with Crippen LogP contribution < -0.4 is 15.6 Å². The van der Waals surface area contributed by atoms with E-state index in [4.69, 9.17) is 27.9 Å². The molecular weight excluding hydrogens is 645 g/mol. The molecule has 1 fully saturated rings. The summed E-state index contributed by atoms with van der Waals surface area (Å²) in [5.74, 6) is 0.0693. The first-order chi connectivity index (χ1) is 22.7. The lowest BCUT2D eigenvalue weighted by atomic mass is 9.97. The monoisotopic (exact) mass is 671 g/mol. The number of nitrogens with zero attached hydrogens (tertiary/aromatic N) is 4. The zero-order valence-electron chi connectivity index (χ0n) is 24.9. The molecule has 238 valence electrons. The van der Waals surface area contributed by atoms with Gasteiger partial charge in [-0.25, -0.2) is 14.8 Å². The number of halogens is 2. The molecule has 0 spiro atoms. The lowest BCUT2D eigenvalue weighted by molar-refractivity contribution is -0.119. The molecule has 0 saturated carbocycles. The quantitative estimate of drug-likeness (QED) is 0.182. The van der Waals surface area contributed by atoms with E-state index in [9.17, 15) is 24.3 Å². The molecule has 1 atom stereocenters. The van der Waals surface area contributed by atoms with Crippen LogP contribution in [-0.2, 0) is 11.3 Å². The Morgan fingerprint density at radius 3 is 2.38 bits per heavy atom. The standard InChI is InChI=1S/C34H27Cl2N5O6/c1-47-33-20(18-42)8-10-27(39-33)26-7-3-6-25(32(26)36)24-5-2-4-23(31(24)35)19-12-13-41-28(14-19)37-22(15-30(41)44)17-40(34(45)46)16-21-9-11-29(43)38-21/h2-8,10,12-15,18,21H,9,11,16-17H2,1H3,(H,38,43)(H,45,46). The molecule has 0 aliphatic carbocycles. The number of ether oxygens (including phenoxy) is 1. The van der Waals surface area contributed by atoms with E-state index in [1.54, 1.807) is 30.5 Å². The lowest BCUT2D eigenvalue weighted by Gasteiger charge is -2.22. The molecule has 2 N–H and O–H groups in total. The van der Waals surface area contributed by atoms with E-state index in [0.29, 0.717) is 73.9 Å². The first-order valence-corrected chi connectivity index (χ1v) is 15.3. The number of carbonyl (C=O) groups is 3. The highest BCUT2D eigenvalue weighted by atomic mass is 35.5. The fraction of sp³-hybridized carbons (Fsp3) is 0.176. The molecule has 1 aliphatic rings. The molecule has 1 unspecified atom stereocenters. The van der Waals surface area contributed by atoms with E-state index in [1.807, 2.05) is 36.4 Å². The Morgan fingerprint density at radius 2 is 1.72 bits per heavy atom. The van der Waals surface area contributed by atoms with Crippen molar-refractivity contribution in [1.82, 2.24) is 24.6 Å². The van der Waals surface area contributed by atoms with Crippen LogP contribution in [-0.4, -0.2) is 62.4 Å². The van der Waals surface area contributed by atoms with Crippen LogP contribution in [0.25, 0.3) is 39.2 Å². The number of fused-ring (bicyclic) bond motifs is 1. The fourth-order valence-corrected chi connectivity index (χ4v) is 6.30. The smallest absolute Gasteiger partial charge is 0.407 e. The van der Waals surface area contributed by atoms with Crippen LogP contribution in [0.2, 0.25) is 10.0 Å². The predicted molar refractivity (Wildman–Crippen MR) is 177 cm³/mol. The van der Waals surface area contributed by atoms with Crippen molar-refractivity contribution in [3.8, 4) is 39.4 Å². The molecule has 5 aromatic rings. The number of hydrogen-bond donors (Lipinski definition) is 2. The summed E-state index contributed by atoms with van der Waals surface area (Å²) in [6.07, 6.45) is 1.96. The van der Waals surface area contributed by atoms with Crippen LogP contribution in [0.4, 0.5) is 4.79 Å². The minimum Gasteiger partial charge on any atom is -0.480 e. The van der Waals surface area contributed by atoms with E-state index >= 15 is 0 Å². The number of amides is 2. The fourth-order valence-electron chi connectivity index (χ4n) is 5.64. The van der Waals surface area contributed by atoms with Crippen molar-refractivity contribution in [2.75, 3.05) is 13.7 Å². The number of methoxy groups -OCH3 is 1. The third-order valence-electron chi connectivity index (χ3n) is 7.95. The second kappa shape index (κ2) is 13.2. The van der Waals surface area contributed by atoms with E-state index in [1.165, 1.54) is 17.6 Å². The molecule has 2 aromatic carbocycles. The number of aldehydes is 1. The highest BCUT2D eigenvalue weighted by Crippen LogP contribution is 2.42. The Hall–Kier alpha value is -5.26. The maximum Gasteiger partial charge on any atom is 0.407 e. The molecule has 47 heavy (non-hydrogen) atoms. The number of carbonyl (C=O) groups excluding carboxylic acids is 2. The molecular formula is C34H27Cl2N5O6. The van der Waals surface area contributed by atoms with Gasteiger partial charge in [0.15, 0.2) is 6.29 Å². The minimum atomic E-state index is -1.18. The summed E-state index contributed by atoms with van der Waals surface area (Å²) in [6, 6.07) is 18.8. The van der Waals surface area contributed by atoms with Gasteiger partial charge >= 0.3 is 6.09 Å². The van der Waals surface area contributed by atoms with Crippen LogP contribution in [0.15, 0.2) is 77.7 Å². The van der Waals surface area contributed by atoms with Gasteiger partial charge in [0.1, 0.15) is 5.65 Å². The van der Waals surface area contributed by atoms with Crippen molar-refractivity contribution in [3.63, 3.8) is 0 Å². The lowest BCUT2D eigenvalue weighted by Crippen LogP contribution is -2.41. The summed E-state index contributed by atoms with van der Waals surface area (Å²) in [7, 11) is 1.44. The number of hydrogen-bond acceptors (Lipinski definition) is 7. The van der Waals surface area contributed by atoms with E-state index in [2.05, 4.69) is 15.3 Å². The van der Waals surface area contributed by atoms with Crippen LogP contribution in [0, 0.1) is 0 Å². The van der Waals surface area contributed by atoms with Crippen LogP contribution in [0.3, 0.4) is 0 Å². The van der Waals surface area contributed by atoms with Gasteiger partial charge in [0.05, 0.1) is 40.7 Å². The van der Waals surface area contributed by atoms with Gasteiger partial charge in [-0.3, -0.25) is 18.8 Å². The van der Waals surface area contributed by atoms with Crippen molar-refractivity contribution in [1.29, 1.82) is 0 Å². The molecule has 1 saturated heterocycles. The number of rotatable bonds is 9. The van der Waals surface area contributed by atoms with Crippen LogP contribution in [0.1, 0.15) is 28.9 Å². The van der Waals surface area contributed by atoms with E-state index < -0.39 is 6.09 Å². The maximum atomic E-state index is 13.0. The topological polar surface area (TPSA) is 143 Å². The van der Waals surface area contributed by atoms with Gasteiger partial charge in [-0.2, -0.15) is 0 Å². The maximum absolute atomic E-state index is 13.0. The van der Waals surface area contributed by atoms with Gasteiger partial charge in [0.2, 0.25) is 11.8 Å². The molecule has 2 amide bonds. The Labute approximate surface area is 278 Å². The molecule has 1 aliphatic heterocycles. The van der Waals surface area contributed by atoms with Crippen molar-refractivity contribution in [3.05, 3.63) is 105 Å². The van der Waals surface area contributed by atoms with Crippen molar-refractivity contribution >= 4 is 47.1 Å². The van der Waals surface area contributed by atoms with Crippen LogP contribution in [0.5, 0.6) is 5.88 Å². The van der Waals surface area contributed by atoms with Gasteiger partial charge in [-0.1, -0.05) is 59.6 Å². The number of nitrogens with one attached hydrogen (secondary N) is 1. The first-order valence-electron chi connectivity index (χ1n) is 14.5. The zero-order chi connectivity index (χ0) is 33.2. The van der Waals surface area contributed by atoms with Crippen molar-refractivity contribution < 1.29 is 24.2 Å². The van der Waals surface area contributed by atoms with Crippen LogP contribution >= 0.6 is 23.2 Å². The molecule has 11 nitrogen and oxygen atoms in total. The Kier molecular flexibility index (Phi) is 8.93. The van der Waals surface area contributed by atoms with Gasteiger partial charge in [-0.15, -0.1) is 0 Å². The summed E-state index contributed by atoms with van der Waals surface area (Å²) in [4.78, 5) is 58.1. The molecule has 0 radical (unpaired) electrons. The highest BCUT2D eigenvalue weighted by Gasteiger charge is 2.26. The van der Waals surface area contributed by atoms with Gasteiger partial charge in [0.25, 0.3) is 5.56 Å². The first kappa shape index (κ1) is 31.7. The average Bonchev–Trinajstić information content (AvgIpc) is 3.48.